The molecule has 1 unspecified atom stereocenters. The van der Waals surface area contributed by atoms with Gasteiger partial charge in [-0.15, -0.1) is 0 Å². The fourth-order valence-corrected chi connectivity index (χ4v) is 2.25. The lowest BCUT2D eigenvalue weighted by molar-refractivity contribution is 0.756. The zero-order valence-electron chi connectivity index (χ0n) is 11.7. The minimum atomic E-state index is 0.222. The van der Waals surface area contributed by atoms with Crippen molar-refractivity contribution in [2.45, 2.75) is 33.7 Å². The van der Waals surface area contributed by atoms with E-state index in [9.17, 15) is 0 Å². The topological polar surface area (TPSA) is 42.7 Å². The first kappa shape index (κ1) is 12.6. The summed E-state index contributed by atoms with van der Waals surface area (Å²) < 4.78 is 1.85. The van der Waals surface area contributed by atoms with Crippen molar-refractivity contribution in [1.82, 2.24) is 14.8 Å². The lowest BCUT2D eigenvalue weighted by atomic mass is 10.1. The fourth-order valence-electron chi connectivity index (χ4n) is 2.25. The van der Waals surface area contributed by atoms with E-state index in [1.54, 1.807) is 0 Å². The van der Waals surface area contributed by atoms with Crippen LogP contribution < -0.4 is 5.32 Å². The molecule has 18 heavy (non-hydrogen) atoms. The molecule has 2 aromatic rings. The first-order valence-electron chi connectivity index (χ1n) is 6.18. The third kappa shape index (κ3) is 2.37. The second-order valence-electron chi connectivity index (χ2n) is 4.80. The smallest absolute Gasteiger partial charge is 0.0646 e. The average molecular weight is 244 g/mol. The lowest BCUT2D eigenvalue weighted by Gasteiger charge is -2.18. The molecule has 0 spiro atoms. The van der Waals surface area contributed by atoms with Crippen LogP contribution >= 0.6 is 0 Å². The molecule has 0 fully saturated rings. The molecule has 2 aromatic heterocycles. The predicted molar refractivity (Wildman–Crippen MR) is 73.7 cm³/mol. The number of aryl methyl sites for hydroxylation is 4. The Morgan fingerprint density at radius 3 is 2.50 bits per heavy atom. The van der Waals surface area contributed by atoms with Crippen LogP contribution in [0.1, 0.15) is 35.5 Å². The molecule has 2 heterocycles. The van der Waals surface area contributed by atoms with Gasteiger partial charge in [0.1, 0.15) is 0 Å². The third-order valence-electron chi connectivity index (χ3n) is 3.23. The van der Waals surface area contributed by atoms with Crippen LogP contribution in [0, 0.1) is 20.8 Å². The Kier molecular flexibility index (Phi) is 3.36. The molecule has 2 rings (SSSR count). The van der Waals surface area contributed by atoms with Gasteiger partial charge in [0, 0.05) is 25.0 Å². The molecule has 0 aromatic carbocycles. The van der Waals surface area contributed by atoms with Gasteiger partial charge in [-0.25, -0.2) is 0 Å². The summed E-state index contributed by atoms with van der Waals surface area (Å²) in [4.78, 5) is 4.33. The maximum absolute atomic E-state index is 4.38. The molecule has 96 valence electrons. The number of pyridine rings is 1. The highest BCUT2D eigenvalue weighted by molar-refractivity contribution is 5.55. The number of aromatic nitrogens is 3. The second-order valence-corrected chi connectivity index (χ2v) is 4.80. The molecular formula is C14H20N4. The summed E-state index contributed by atoms with van der Waals surface area (Å²) in [6.45, 7) is 8.31. The Bertz CT molecular complexity index is 537. The summed E-state index contributed by atoms with van der Waals surface area (Å²) in [7, 11) is 1.95. The normalized spacial score (nSPS) is 12.5. The minimum absolute atomic E-state index is 0.222. The Morgan fingerprint density at radius 2 is 1.94 bits per heavy atom. The van der Waals surface area contributed by atoms with Crippen LogP contribution in [0.2, 0.25) is 0 Å². The first-order valence-corrected chi connectivity index (χ1v) is 6.18. The van der Waals surface area contributed by atoms with E-state index in [0.29, 0.717) is 0 Å². The summed E-state index contributed by atoms with van der Waals surface area (Å²) in [6, 6.07) is 2.25. The highest BCUT2D eigenvalue weighted by Gasteiger charge is 2.13. The number of nitrogens with zero attached hydrogens (tertiary/aromatic N) is 3. The number of hydrogen-bond acceptors (Lipinski definition) is 3. The summed E-state index contributed by atoms with van der Waals surface area (Å²) >= 11 is 0. The Balaban J connectivity index is 2.26. The molecule has 0 aliphatic carbocycles. The van der Waals surface area contributed by atoms with Gasteiger partial charge in [-0.1, -0.05) is 0 Å². The van der Waals surface area contributed by atoms with Crippen molar-refractivity contribution >= 4 is 5.69 Å². The van der Waals surface area contributed by atoms with Gasteiger partial charge in [-0.2, -0.15) is 5.10 Å². The monoisotopic (exact) mass is 244 g/mol. The number of nitrogens with one attached hydrogen (secondary N) is 1. The number of rotatable bonds is 3. The van der Waals surface area contributed by atoms with E-state index < -0.39 is 0 Å². The molecule has 4 nitrogen and oxygen atoms in total. The maximum atomic E-state index is 4.38. The second kappa shape index (κ2) is 4.80. The van der Waals surface area contributed by atoms with E-state index in [1.807, 2.05) is 37.8 Å². The van der Waals surface area contributed by atoms with Crippen LogP contribution in [-0.4, -0.2) is 14.8 Å². The molecule has 0 aliphatic rings. The third-order valence-corrected chi connectivity index (χ3v) is 3.23. The fraction of sp³-hybridized carbons (Fsp3) is 0.429. The first-order chi connectivity index (χ1) is 8.49. The SMILES string of the molecule is Cc1ccnc(C)c1NC(C)c1cn(C)nc1C. The van der Waals surface area contributed by atoms with Gasteiger partial charge in [0.15, 0.2) is 0 Å². The van der Waals surface area contributed by atoms with Crippen LogP contribution in [0.5, 0.6) is 0 Å². The van der Waals surface area contributed by atoms with Crippen molar-refractivity contribution in [3.63, 3.8) is 0 Å². The van der Waals surface area contributed by atoms with E-state index in [-0.39, 0.29) is 6.04 Å². The average Bonchev–Trinajstić information content (AvgIpc) is 2.63. The molecule has 0 saturated heterocycles. The molecule has 0 aliphatic heterocycles. The predicted octanol–water partition coefficient (Wildman–Crippen LogP) is 2.91. The van der Waals surface area contributed by atoms with Gasteiger partial charge in [0.25, 0.3) is 0 Å². The molecule has 0 saturated carbocycles. The van der Waals surface area contributed by atoms with Gasteiger partial charge < -0.3 is 5.32 Å². The molecule has 1 N–H and O–H groups in total. The van der Waals surface area contributed by atoms with Gasteiger partial charge in [-0.3, -0.25) is 9.67 Å². The van der Waals surface area contributed by atoms with E-state index in [0.717, 1.165) is 17.1 Å². The molecular weight excluding hydrogens is 224 g/mol. The quantitative estimate of drug-likeness (QED) is 0.902. The Morgan fingerprint density at radius 1 is 1.22 bits per heavy atom. The van der Waals surface area contributed by atoms with Gasteiger partial charge in [0.05, 0.1) is 23.1 Å². The standard InChI is InChI=1S/C14H20N4/c1-9-6-7-15-12(4)14(9)16-10(2)13-8-18(5)17-11(13)3/h6-8,10,16H,1-5H3. The molecule has 1 atom stereocenters. The van der Waals surface area contributed by atoms with Gasteiger partial charge in [-0.05, 0) is 39.3 Å². The maximum Gasteiger partial charge on any atom is 0.0646 e. The summed E-state index contributed by atoms with van der Waals surface area (Å²) in [6.07, 6.45) is 3.91. The molecule has 4 heteroatoms. The molecule has 0 bridgehead atoms. The van der Waals surface area contributed by atoms with Crippen LogP contribution in [0.25, 0.3) is 0 Å². The molecule has 0 amide bonds. The molecule has 0 radical (unpaired) electrons. The van der Waals surface area contributed by atoms with Crippen LogP contribution in [-0.2, 0) is 7.05 Å². The zero-order chi connectivity index (χ0) is 13.3. The number of anilines is 1. The van der Waals surface area contributed by atoms with E-state index in [4.69, 9.17) is 0 Å². The minimum Gasteiger partial charge on any atom is -0.377 e. The largest absolute Gasteiger partial charge is 0.377 e. The Labute approximate surface area is 108 Å². The van der Waals surface area contributed by atoms with Crippen molar-refractivity contribution in [3.8, 4) is 0 Å². The summed E-state index contributed by atoms with van der Waals surface area (Å²) in [5.41, 5.74) is 5.66. The van der Waals surface area contributed by atoms with Crippen molar-refractivity contribution in [2.24, 2.45) is 7.05 Å². The van der Waals surface area contributed by atoms with Gasteiger partial charge in [0.2, 0.25) is 0 Å². The number of hydrogen-bond donors (Lipinski definition) is 1. The van der Waals surface area contributed by atoms with E-state index in [2.05, 4.69) is 35.4 Å². The van der Waals surface area contributed by atoms with Gasteiger partial charge >= 0.3 is 0 Å². The van der Waals surface area contributed by atoms with Crippen molar-refractivity contribution < 1.29 is 0 Å². The Hall–Kier alpha value is -1.84. The van der Waals surface area contributed by atoms with Crippen LogP contribution in [0.15, 0.2) is 18.5 Å². The van der Waals surface area contributed by atoms with Crippen molar-refractivity contribution in [2.75, 3.05) is 5.32 Å². The highest BCUT2D eigenvalue weighted by atomic mass is 15.3. The van der Waals surface area contributed by atoms with E-state index in [1.165, 1.54) is 11.1 Å². The zero-order valence-corrected chi connectivity index (χ0v) is 11.7. The van der Waals surface area contributed by atoms with Crippen LogP contribution in [0.4, 0.5) is 5.69 Å². The van der Waals surface area contributed by atoms with Crippen molar-refractivity contribution in [1.29, 1.82) is 0 Å². The van der Waals surface area contributed by atoms with Crippen LogP contribution in [0.3, 0.4) is 0 Å². The van der Waals surface area contributed by atoms with E-state index >= 15 is 0 Å². The summed E-state index contributed by atoms with van der Waals surface area (Å²) in [5.74, 6) is 0. The van der Waals surface area contributed by atoms with Crippen molar-refractivity contribution in [3.05, 3.63) is 41.0 Å². The summed E-state index contributed by atoms with van der Waals surface area (Å²) in [5, 5.41) is 7.91. The highest BCUT2D eigenvalue weighted by Crippen LogP contribution is 2.25. The lowest BCUT2D eigenvalue weighted by Crippen LogP contribution is -2.10.